The molecule has 1 unspecified atom stereocenters. The first kappa shape index (κ1) is 19.3. The molecule has 1 heterocycles. The van der Waals surface area contributed by atoms with Crippen LogP contribution >= 0.6 is 23.2 Å². The highest BCUT2D eigenvalue weighted by Gasteiger charge is 2.28. The molecule has 0 aromatic carbocycles. The number of halogens is 2. The highest BCUT2D eigenvalue weighted by Crippen LogP contribution is 2.30. The number of alkyl halides is 1. The average molecular weight is 412 g/mol. The Hall–Kier alpha value is -1.04. The molecule has 0 amide bonds. The predicted octanol–water partition coefficient (Wildman–Crippen LogP) is 2.44. The maximum Gasteiger partial charge on any atom is 0.262 e. The number of aliphatic hydroxyl groups excluding tert-OH is 1. The number of aliphatic hydroxyl groups is 1. The van der Waals surface area contributed by atoms with Crippen molar-refractivity contribution in [3.8, 4) is 0 Å². The van der Waals surface area contributed by atoms with E-state index in [0.717, 1.165) is 12.8 Å². The van der Waals surface area contributed by atoms with Crippen LogP contribution in [0.1, 0.15) is 57.2 Å². The minimum Gasteiger partial charge on any atom is -0.508 e. The smallest absolute Gasteiger partial charge is 0.262 e. The summed E-state index contributed by atoms with van der Waals surface area (Å²) in [5, 5.41) is 10.8. The van der Waals surface area contributed by atoms with Gasteiger partial charge < -0.3 is 5.11 Å². The molecule has 0 bridgehead atoms. The zero-order valence-corrected chi connectivity index (χ0v) is 17.3. The van der Waals surface area contributed by atoms with E-state index in [1.165, 1.54) is 32.1 Å². The second kappa shape index (κ2) is 7.76. The van der Waals surface area contributed by atoms with Gasteiger partial charge in [0.25, 0.3) is 5.56 Å². The Morgan fingerprint density at radius 2 is 1.93 bits per heavy atom. The Labute approximate surface area is 169 Å². The Kier molecular flexibility index (Phi) is 5.55. The van der Waals surface area contributed by atoms with E-state index < -0.39 is 5.38 Å². The average Bonchev–Trinajstić information content (AvgIpc) is 3.47. The maximum absolute atomic E-state index is 13.2. The summed E-state index contributed by atoms with van der Waals surface area (Å²) in [6.07, 6.45) is 8.78. The van der Waals surface area contributed by atoms with E-state index in [-0.39, 0.29) is 23.1 Å². The fourth-order valence-electron chi connectivity index (χ4n) is 4.27. The predicted molar refractivity (Wildman–Crippen MR) is 108 cm³/mol. The molecule has 2 saturated carbocycles. The Morgan fingerprint density at radius 1 is 1.22 bits per heavy atom. The summed E-state index contributed by atoms with van der Waals surface area (Å²) in [5.74, 6) is 1.22. The van der Waals surface area contributed by atoms with Crippen molar-refractivity contribution in [1.82, 2.24) is 14.5 Å². The molecule has 1 atom stereocenters. The van der Waals surface area contributed by atoms with Crippen molar-refractivity contribution >= 4 is 34.0 Å². The molecule has 0 spiro atoms. The first-order chi connectivity index (χ1) is 13.0. The van der Waals surface area contributed by atoms with Gasteiger partial charge >= 0.3 is 0 Å². The van der Waals surface area contributed by atoms with Gasteiger partial charge in [-0.2, -0.15) is 0 Å². The SMILES string of the molecule is CN(Cc1nc2c(c(=O)n1CC1CC1)=C(Cl)CC(Cl)C=2O)C1CCCCC1. The lowest BCUT2D eigenvalue weighted by Gasteiger charge is -2.31. The van der Waals surface area contributed by atoms with Crippen LogP contribution < -0.4 is 16.1 Å². The summed E-state index contributed by atoms with van der Waals surface area (Å²) >= 11 is 12.6. The maximum atomic E-state index is 13.2. The third kappa shape index (κ3) is 3.92. The first-order valence-corrected chi connectivity index (χ1v) is 10.8. The molecule has 3 aliphatic rings. The quantitative estimate of drug-likeness (QED) is 0.755. The van der Waals surface area contributed by atoms with Crippen LogP contribution in [0.3, 0.4) is 0 Å². The monoisotopic (exact) mass is 411 g/mol. The van der Waals surface area contributed by atoms with Crippen LogP contribution in [0.4, 0.5) is 0 Å². The van der Waals surface area contributed by atoms with Crippen LogP contribution in [0.2, 0.25) is 0 Å². The molecule has 1 N–H and O–H groups in total. The van der Waals surface area contributed by atoms with Gasteiger partial charge in [-0.25, -0.2) is 4.98 Å². The molecule has 2 fully saturated rings. The van der Waals surface area contributed by atoms with E-state index in [1.807, 2.05) is 0 Å². The topological polar surface area (TPSA) is 58.4 Å². The van der Waals surface area contributed by atoms with Gasteiger partial charge in [-0.05, 0) is 38.6 Å². The minimum atomic E-state index is -0.625. The fourth-order valence-corrected chi connectivity index (χ4v) is 4.94. The molecule has 148 valence electrons. The number of aromatic nitrogens is 2. The third-order valence-electron chi connectivity index (χ3n) is 6.14. The lowest BCUT2D eigenvalue weighted by atomic mass is 9.94. The van der Waals surface area contributed by atoms with Crippen molar-refractivity contribution < 1.29 is 5.11 Å². The summed E-state index contributed by atoms with van der Waals surface area (Å²) in [7, 11) is 2.11. The van der Waals surface area contributed by atoms with Crippen LogP contribution in [-0.2, 0) is 13.1 Å². The summed E-state index contributed by atoms with van der Waals surface area (Å²) in [6.45, 7) is 1.28. The van der Waals surface area contributed by atoms with Crippen molar-refractivity contribution in [2.75, 3.05) is 7.05 Å². The second-order valence-corrected chi connectivity index (χ2v) is 9.26. The van der Waals surface area contributed by atoms with Gasteiger partial charge in [0.15, 0.2) is 0 Å². The van der Waals surface area contributed by atoms with Gasteiger partial charge in [-0.3, -0.25) is 14.3 Å². The lowest BCUT2D eigenvalue weighted by molar-refractivity contribution is 0.177. The normalized spacial score (nSPS) is 23.8. The summed E-state index contributed by atoms with van der Waals surface area (Å²) in [5.41, 5.74) is -0.140. The number of rotatable bonds is 5. The van der Waals surface area contributed by atoms with E-state index >= 15 is 0 Å². The molecule has 1 aromatic heterocycles. The number of fused-ring (bicyclic) bond motifs is 1. The van der Waals surface area contributed by atoms with Gasteiger partial charge in [0.2, 0.25) is 0 Å². The van der Waals surface area contributed by atoms with Gasteiger partial charge in [0.05, 0.1) is 17.1 Å². The Balaban J connectivity index is 1.79. The molecule has 0 aliphatic heterocycles. The van der Waals surface area contributed by atoms with Gasteiger partial charge in [0, 0.05) is 24.0 Å². The molecule has 0 saturated heterocycles. The van der Waals surface area contributed by atoms with Gasteiger partial charge in [-0.1, -0.05) is 30.9 Å². The zero-order valence-electron chi connectivity index (χ0n) is 15.8. The summed E-state index contributed by atoms with van der Waals surface area (Å²) in [6, 6.07) is 0.523. The van der Waals surface area contributed by atoms with E-state index in [2.05, 4.69) is 11.9 Å². The van der Waals surface area contributed by atoms with Gasteiger partial charge in [0.1, 0.15) is 16.9 Å². The molecule has 3 aliphatic carbocycles. The largest absolute Gasteiger partial charge is 0.508 e. The highest BCUT2D eigenvalue weighted by molar-refractivity contribution is 6.46. The van der Waals surface area contributed by atoms with E-state index in [0.29, 0.717) is 41.1 Å². The number of hydrogen-bond acceptors (Lipinski definition) is 4. The molecule has 7 heteroatoms. The summed E-state index contributed by atoms with van der Waals surface area (Å²) in [4.78, 5) is 20.3. The lowest BCUT2D eigenvalue weighted by Crippen LogP contribution is -2.53. The van der Waals surface area contributed by atoms with Crippen molar-refractivity contribution in [3.63, 3.8) is 0 Å². The molecule has 5 nitrogen and oxygen atoms in total. The Morgan fingerprint density at radius 3 is 2.59 bits per heavy atom. The van der Waals surface area contributed by atoms with E-state index in [4.69, 9.17) is 28.2 Å². The van der Waals surface area contributed by atoms with Crippen LogP contribution in [0.25, 0.3) is 10.8 Å². The minimum absolute atomic E-state index is 0.0340. The first-order valence-electron chi connectivity index (χ1n) is 10.0. The summed E-state index contributed by atoms with van der Waals surface area (Å²) < 4.78 is 1.79. The van der Waals surface area contributed by atoms with Crippen LogP contribution in [0.5, 0.6) is 0 Å². The molecular weight excluding hydrogens is 385 g/mol. The molecule has 27 heavy (non-hydrogen) atoms. The van der Waals surface area contributed by atoms with Crippen molar-refractivity contribution in [1.29, 1.82) is 0 Å². The molecule has 4 rings (SSSR count). The van der Waals surface area contributed by atoms with Crippen LogP contribution in [0, 0.1) is 5.92 Å². The standard InChI is InChI=1S/C20H27Cl2N3O2/c1-24(13-5-3-2-4-6-13)11-16-23-18-17(14(21)9-15(22)19(18)26)20(27)25(16)10-12-7-8-12/h12-13,15,26H,2-11H2,1H3. The zero-order chi connectivity index (χ0) is 19.1. The fraction of sp³-hybridized carbons (Fsp3) is 0.700. The third-order valence-corrected chi connectivity index (χ3v) is 6.85. The van der Waals surface area contributed by atoms with Crippen LogP contribution in [0.15, 0.2) is 4.79 Å². The number of nitrogens with zero attached hydrogens (tertiary/aromatic N) is 3. The van der Waals surface area contributed by atoms with Crippen molar-refractivity contribution in [2.45, 2.75) is 75.9 Å². The molecule has 0 radical (unpaired) electrons. The highest BCUT2D eigenvalue weighted by atomic mass is 35.5. The van der Waals surface area contributed by atoms with E-state index in [9.17, 15) is 9.90 Å². The van der Waals surface area contributed by atoms with Crippen LogP contribution in [-0.4, -0.2) is 38.0 Å². The Bertz CT molecular complexity index is 901. The second-order valence-electron chi connectivity index (χ2n) is 8.28. The number of hydrogen-bond donors (Lipinski definition) is 1. The van der Waals surface area contributed by atoms with Gasteiger partial charge in [-0.15, -0.1) is 11.6 Å². The van der Waals surface area contributed by atoms with Crippen molar-refractivity contribution in [2.24, 2.45) is 5.92 Å². The molecular formula is C20H27Cl2N3O2. The van der Waals surface area contributed by atoms with E-state index in [1.54, 1.807) is 4.57 Å². The molecule has 1 aromatic rings. The van der Waals surface area contributed by atoms with Crippen molar-refractivity contribution in [3.05, 3.63) is 26.7 Å².